The second-order valence-corrected chi connectivity index (χ2v) is 6.37. The molecule has 1 aliphatic heterocycles. The van der Waals surface area contributed by atoms with Crippen LogP contribution < -0.4 is 14.5 Å². The molecule has 0 spiro atoms. The summed E-state index contributed by atoms with van der Waals surface area (Å²) in [6.07, 6.45) is 0. The van der Waals surface area contributed by atoms with Gasteiger partial charge in [0.25, 0.3) is 11.8 Å². The summed E-state index contributed by atoms with van der Waals surface area (Å²) >= 11 is 0. The van der Waals surface area contributed by atoms with Gasteiger partial charge in [0.2, 0.25) is 0 Å². The summed E-state index contributed by atoms with van der Waals surface area (Å²) in [4.78, 5) is 29.6. The van der Waals surface area contributed by atoms with Crippen molar-refractivity contribution in [2.24, 2.45) is 0 Å². The molecule has 0 fully saturated rings. The van der Waals surface area contributed by atoms with Crippen LogP contribution in [0.4, 0.5) is 11.4 Å². The largest absolute Gasteiger partial charge is 0.495 e. The van der Waals surface area contributed by atoms with E-state index >= 15 is 0 Å². The number of carbonyl (C=O) groups excluding carboxylic acids is 2. The fraction of sp³-hybridized carbons (Fsp3) is 0.143. The van der Waals surface area contributed by atoms with Crippen molar-refractivity contribution in [1.82, 2.24) is 0 Å². The topological polar surface area (TPSA) is 49.9 Å². The summed E-state index contributed by atoms with van der Waals surface area (Å²) in [5.41, 5.74) is 2.46. The first-order valence-electron chi connectivity index (χ1n) is 8.29. The van der Waals surface area contributed by atoms with Crippen molar-refractivity contribution in [1.29, 1.82) is 0 Å². The number of benzene rings is 3. The zero-order valence-electron chi connectivity index (χ0n) is 14.8. The number of ether oxygens (including phenoxy) is 1. The molecule has 4 rings (SSSR count). The average molecular weight is 346 g/mol. The molecular formula is C21H18N2O3. The molecule has 5 nitrogen and oxygen atoms in total. The summed E-state index contributed by atoms with van der Waals surface area (Å²) in [7, 11) is 5.41. The van der Waals surface area contributed by atoms with Crippen LogP contribution in [0.15, 0.2) is 54.6 Å². The molecular weight excluding hydrogens is 328 g/mol. The molecule has 0 atom stereocenters. The number of para-hydroxylation sites is 2. The van der Waals surface area contributed by atoms with Gasteiger partial charge in [-0.05, 0) is 30.3 Å². The Bertz CT molecular complexity index is 1030. The van der Waals surface area contributed by atoms with Crippen molar-refractivity contribution in [2.75, 3.05) is 31.0 Å². The number of hydrogen-bond donors (Lipinski definition) is 0. The van der Waals surface area contributed by atoms with Crippen LogP contribution >= 0.6 is 0 Å². The van der Waals surface area contributed by atoms with Gasteiger partial charge >= 0.3 is 0 Å². The highest BCUT2D eigenvalue weighted by molar-refractivity contribution is 6.36. The Hall–Kier alpha value is -3.34. The minimum absolute atomic E-state index is 0.339. The van der Waals surface area contributed by atoms with Gasteiger partial charge in [0.15, 0.2) is 0 Å². The van der Waals surface area contributed by atoms with E-state index in [-0.39, 0.29) is 11.8 Å². The SMILES string of the molecule is COc1ccccc1N1C(=O)c2cccc3c(N(C)C)ccc(c23)C1=O. The lowest BCUT2D eigenvalue weighted by Gasteiger charge is -2.29. The van der Waals surface area contributed by atoms with Gasteiger partial charge in [0.05, 0.1) is 12.8 Å². The summed E-state index contributed by atoms with van der Waals surface area (Å²) in [5, 5.41) is 1.60. The Morgan fingerprint density at radius 3 is 2.23 bits per heavy atom. The Morgan fingerprint density at radius 2 is 1.54 bits per heavy atom. The number of imide groups is 1. The van der Waals surface area contributed by atoms with Gasteiger partial charge in [0.1, 0.15) is 5.75 Å². The molecule has 0 bridgehead atoms. The molecule has 0 aliphatic carbocycles. The second-order valence-electron chi connectivity index (χ2n) is 6.37. The zero-order chi connectivity index (χ0) is 18.4. The van der Waals surface area contributed by atoms with Crippen molar-refractivity contribution in [3.05, 3.63) is 65.7 Å². The predicted molar refractivity (Wildman–Crippen MR) is 102 cm³/mol. The molecule has 130 valence electrons. The lowest BCUT2D eigenvalue weighted by atomic mass is 9.92. The number of rotatable bonds is 3. The van der Waals surface area contributed by atoms with Crippen LogP contribution in [-0.2, 0) is 0 Å². The minimum Gasteiger partial charge on any atom is -0.495 e. The van der Waals surface area contributed by atoms with Gasteiger partial charge in [-0.3, -0.25) is 9.59 Å². The molecule has 0 unspecified atom stereocenters. The van der Waals surface area contributed by atoms with E-state index in [4.69, 9.17) is 4.74 Å². The minimum atomic E-state index is -0.339. The summed E-state index contributed by atoms with van der Waals surface area (Å²) in [6.45, 7) is 0. The van der Waals surface area contributed by atoms with Crippen molar-refractivity contribution in [2.45, 2.75) is 0 Å². The Balaban J connectivity index is 1.99. The van der Waals surface area contributed by atoms with E-state index in [2.05, 4.69) is 0 Å². The molecule has 1 aliphatic rings. The Morgan fingerprint density at radius 1 is 0.846 bits per heavy atom. The van der Waals surface area contributed by atoms with E-state index in [0.717, 1.165) is 11.1 Å². The maximum Gasteiger partial charge on any atom is 0.266 e. The molecule has 0 N–H and O–H groups in total. The van der Waals surface area contributed by atoms with E-state index in [0.29, 0.717) is 28.0 Å². The van der Waals surface area contributed by atoms with Gasteiger partial charge in [-0.2, -0.15) is 0 Å². The van der Waals surface area contributed by atoms with Gasteiger partial charge in [-0.15, -0.1) is 0 Å². The number of amides is 2. The fourth-order valence-corrected chi connectivity index (χ4v) is 3.50. The number of anilines is 2. The summed E-state index contributed by atoms with van der Waals surface area (Å²) in [6, 6.07) is 16.3. The van der Waals surface area contributed by atoms with E-state index in [1.165, 1.54) is 12.0 Å². The smallest absolute Gasteiger partial charge is 0.266 e. The van der Waals surface area contributed by atoms with Crippen LogP contribution in [0.1, 0.15) is 20.7 Å². The van der Waals surface area contributed by atoms with Gasteiger partial charge in [-0.1, -0.05) is 24.3 Å². The maximum atomic E-state index is 13.2. The summed E-state index contributed by atoms with van der Waals surface area (Å²) in [5.74, 6) is -0.197. The highest BCUT2D eigenvalue weighted by Crippen LogP contribution is 2.39. The number of carbonyl (C=O) groups is 2. The van der Waals surface area contributed by atoms with Crippen LogP contribution in [0.3, 0.4) is 0 Å². The van der Waals surface area contributed by atoms with Gasteiger partial charge in [-0.25, -0.2) is 4.90 Å². The summed E-state index contributed by atoms with van der Waals surface area (Å²) < 4.78 is 5.35. The van der Waals surface area contributed by atoms with Crippen LogP contribution in [0.2, 0.25) is 0 Å². The molecule has 0 saturated carbocycles. The molecule has 3 aromatic carbocycles. The third-order valence-electron chi connectivity index (χ3n) is 4.69. The lowest BCUT2D eigenvalue weighted by molar-refractivity contribution is 0.0892. The van der Waals surface area contributed by atoms with E-state index in [1.807, 2.05) is 37.2 Å². The maximum absolute atomic E-state index is 13.2. The standard InChI is InChI=1S/C21H18N2O3/c1-22(2)16-12-11-15-19-13(16)7-6-8-14(19)20(24)23(21(15)25)17-9-4-5-10-18(17)26-3/h4-12H,1-3H3. The Labute approximate surface area is 151 Å². The molecule has 26 heavy (non-hydrogen) atoms. The molecule has 3 aromatic rings. The van der Waals surface area contributed by atoms with Crippen molar-refractivity contribution in [3.63, 3.8) is 0 Å². The highest BCUT2D eigenvalue weighted by atomic mass is 16.5. The van der Waals surface area contributed by atoms with Crippen LogP contribution in [0, 0.1) is 0 Å². The van der Waals surface area contributed by atoms with Crippen LogP contribution in [0.25, 0.3) is 10.8 Å². The van der Waals surface area contributed by atoms with Gasteiger partial charge < -0.3 is 9.64 Å². The van der Waals surface area contributed by atoms with Crippen molar-refractivity contribution in [3.8, 4) is 5.75 Å². The third-order valence-corrected chi connectivity index (χ3v) is 4.69. The first-order valence-corrected chi connectivity index (χ1v) is 8.29. The zero-order valence-corrected chi connectivity index (χ0v) is 14.8. The van der Waals surface area contributed by atoms with E-state index in [1.54, 1.807) is 36.4 Å². The van der Waals surface area contributed by atoms with Crippen LogP contribution in [-0.4, -0.2) is 33.0 Å². The molecule has 2 amide bonds. The quantitative estimate of drug-likeness (QED) is 0.678. The lowest BCUT2D eigenvalue weighted by Crippen LogP contribution is -2.40. The molecule has 5 heteroatoms. The molecule has 0 aromatic heterocycles. The monoisotopic (exact) mass is 346 g/mol. The van der Waals surface area contributed by atoms with Crippen molar-refractivity contribution >= 4 is 34.0 Å². The normalized spacial score (nSPS) is 13.3. The van der Waals surface area contributed by atoms with E-state index in [9.17, 15) is 9.59 Å². The number of methoxy groups -OCH3 is 1. The average Bonchev–Trinajstić information content (AvgIpc) is 2.66. The highest BCUT2D eigenvalue weighted by Gasteiger charge is 2.35. The first-order chi connectivity index (χ1) is 12.5. The number of nitrogens with zero attached hydrogens (tertiary/aromatic N) is 2. The fourth-order valence-electron chi connectivity index (χ4n) is 3.50. The first kappa shape index (κ1) is 16.1. The second kappa shape index (κ2) is 5.88. The molecule has 1 heterocycles. The van der Waals surface area contributed by atoms with Gasteiger partial charge in [0, 0.05) is 41.7 Å². The van der Waals surface area contributed by atoms with Crippen molar-refractivity contribution < 1.29 is 14.3 Å². The van der Waals surface area contributed by atoms with Crippen LogP contribution in [0.5, 0.6) is 5.75 Å². The third kappa shape index (κ3) is 2.17. The Kier molecular flexibility index (Phi) is 3.65. The van der Waals surface area contributed by atoms with E-state index < -0.39 is 0 Å². The number of hydrogen-bond acceptors (Lipinski definition) is 4. The predicted octanol–water partition coefficient (Wildman–Crippen LogP) is 3.72. The molecule has 0 radical (unpaired) electrons. The molecule has 0 saturated heterocycles.